The van der Waals surface area contributed by atoms with Gasteiger partial charge in [0, 0.05) is 12.1 Å². The number of hydrogen-bond acceptors (Lipinski definition) is 4. The van der Waals surface area contributed by atoms with Crippen LogP contribution in [0.4, 0.5) is 0 Å². The number of methoxy groups -OCH3 is 1. The Morgan fingerprint density at radius 1 is 1.29 bits per heavy atom. The summed E-state index contributed by atoms with van der Waals surface area (Å²) in [6.45, 7) is 7.13. The van der Waals surface area contributed by atoms with Crippen molar-refractivity contribution in [1.29, 1.82) is 0 Å². The van der Waals surface area contributed by atoms with Crippen LogP contribution < -0.4 is 9.46 Å². The number of aliphatic hydroxyl groups is 1. The van der Waals surface area contributed by atoms with Gasteiger partial charge >= 0.3 is 0 Å². The molecule has 0 aliphatic rings. The first kappa shape index (κ1) is 17.9. The summed E-state index contributed by atoms with van der Waals surface area (Å²) in [6.07, 6.45) is 0.970. The zero-order valence-electron chi connectivity index (χ0n) is 13.4. The number of ether oxygens (including phenoxy) is 1. The summed E-state index contributed by atoms with van der Waals surface area (Å²) in [5.74, 6) is 0.637. The van der Waals surface area contributed by atoms with Crippen molar-refractivity contribution >= 4 is 10.0 Å². The van der Waals surface area contributed by atoms with Crippen LogP contribution in [0.3, 0.4) is 0 Å². The second-order valence-electron chi connectivity index (χ2n) is 5.58. The van der Waals surface area contributed by atoms with Gasteiger partial charge in [0.1, 0.15) is 5.75 Å². The van der Waals surface area contributed by atoms with Crippen LogP contribution in [0.25, 0.3) is 0 Å². The van der Waals surface area contributed by atoms with E-state index in [1.807, 2.05) is 6.92 Å². The van der Waals surface area contributed by atoms with E-state index in [1.54, 1.807) is 40.0 Å². The highest BCUT2D eigenvalue weighted by Gasteiger charge is 2.30. The Morgan fingerprint density at radius 2 is 1.81 bits per heavy atom. The molecule has 0 saturated heterocycles. The van der Waals surface area contributed by atoms with Gasteiger partial charge in [0.25, 0.3) is 0 Å². The summed E-state index contributed by atoms with van der Waals surface area (Å²) in [7, 11) is -2.10. The number of hydrogen-bond donors (Lipinski definition) is 2. The molecule has 0 aromatic heterocycles. The van der Waals surface area contributed by atoms with Crippen molar-refractivity contribution in [1.82, 2.24) is 4.72 Å². The zero-order chi connectivity index (χ0) is 16.3. The third-order valence-corrected chi connectivity index (χ3v) is 5.71. The van der Waals surface area contributed by atoms with E-state index in [1.165, 1.54) is 0 Å². The molecule has 0 aliphatic carbocycles. The minimum atomic E-state index is -3.66. The topological polar surface area (TPSA) is 75.6 Å². The first-order valence-electron chi connectivity index (χ1n) is 6.99. The van der Waals surface area contributed by atoms with Crippen LogP contribution >= 0.6 is 0 Å². The highest BCUT2D eigenvalue weighted by atomic mass is 32.2. The Bertz CT molecular complexity index is 575. The molecule has 0 bridgehead atoms. The highest BCUT2D eigenvalue weighted by molar-refractivity contribution is 7.89. The van der Waals surface area contributed by atoms with Crippen LogP contribution in [0, 0.1) is 13.8 Å². The molecule has 1 rings (SSSR count). The van der Waals surface area contributed by atoms with Crippen LogP contribution in [-0.2, 0) is 10.0 Å². The Kier molecular flexibility index (Phi) is 5.78. The average molecular weight is 315 g/mol. The fourth-order valence-corrected chi connectivity index (χ4v) is 4.34. The van der Waals surface area contributed by atoms with Crippen molar-refractivity contribution in [3.63, 3.8) is 0 Å². The molecule has 1 aromatic rings. The Labute approximate surface area is 127 Å². The van der Waals surface area contributed by atoms with Gasteiger partial charge in [-0.1, -0.05) is 6.92 Å². The normalized spacial score (nSPS) is 14.8. The van der Waals surface area contributed by atoms with Crippen LogP contribution in [0.15, 0.2) is 17.0 Å². The van der Waals surface area contributed by atoms with Gasteiger partial charge in [-0.05, 0) is 56.9 Å². The third kappa shape index (κ3) is 4.18. The second-order valence-corrected chi connectivity index (χ2v) is 7.20. The van der Waals surface area contributed by atoms with Crippen molar-refractivity contribution in [2.45, 2.75) is 51.0 Å². The van der Waals surface area contributed by atoms with Crippen LogP contribution in [0.5, 0.6) is 5.75 Å². The number of aliphatic hydroxyl groups excluding tert-OH is 1. The Balaban J connectivity index is 3.26. The van der Waals surface area contributed by atoms with Crippen LogP contribution in [0.1, 0.15) is 37.8 Å². The standard InChI is InChI=1S/C15H25NO4S/c1-6-15(4,7-8-17)16-21(18,19)14-11(2)9-13(20-5)10-12(14)3/h9-10,16-17H,6-8H2,1-5H3. The first-order valence-corrected chi connectivity index (χ1v) is 8.47. The Hall–Kier alpha value is -1.11. The van der Waals surface area contributed by atoms with E-state index in [4.69, 9.17) is 9.84 Å². The lowest BCUT2D eigenvalue weighted by Crippen LogP contribution is -2.46. The molecule has 1 aromatic carbocycles. The average Bonchev–Trinajstić information content (AvgIpc) is 2.36. The molecule has 0 amide bonds. The zero-order valence-corrected chi connectivity index (χ0v) is 14.2. The number of sulfonamides is 1. The molecule has 2 N–H and O–H groups in total. The van der Waals surface area contributed by atoms with Crippen molar-refractivity contribution in [2.24, 2.45) is 0 Å². The molecule has 0 fully saturated rings. The maximum Gasteiger partial charge on any atom is 0.241 e. The Morgan fingerprint density at radius 3 is 2.19 bits per heavy atom. The molecule has 5 nitrogen and oxygen atoms in total. The van der Waals surface area contributed by atoms with E-state index in [0.29, 0.717) is 29.7 Å². The van der Waals surface area contributed by atoms with Crippen LogP contribution in [0.2, 0.25) is 0 Å². The van der Waals surface area contributed by atoms with E-state index in [0.717, 1.165) is 0 Å². The predicted octanol–water partition coefficient (Wildman–Crippen LogP) is 2.14. The van der Waals surface area contributed by atoms with E-state index in [2.05, 4.69) is 4.72 Å². The fraction of sp³-hybridized carbons (Fsp3) is 0.600. The minimum Gasteiger partial charge on any atom is -0.497 e. The lowest BCUT2D eigenvalue weighted by Gasteiger charge is -2.29. The van der Waals surface area contributed by atoms with Gasteiger partial charge in [-0.15, -0.1) is 0 Å². The molecule has 0 heterocycles. The van der Waals surface area contributed by atoms with Gasteiger partial charge in [0.15, 0.2) is 0 Å². The van der Waals surface area contributed by atoms with E-state index < -0.39 is 15.6 Å². The lowest BCUT2D eigenvalue weighted by atomic mass is 9.97. The minimum absolute atomic E-state index is 0.0621. The van der Waals surface area contributed by atoms with Crippen molar-refractivity contribution in [3.05, 3.63) is 23.3 Å². The number of nitrogens with one attached hydrogen (secondary N) is 1. The summed E-state index contributed by atoms with van der Waals surface area (Å²) < 4.78 is 33.3. The number of aryl methyl sites for hydroxylation is 2. The summed E-state index contributed by atoms with van der Waals surface area (Å²) in [5, 5.41) is 9.13. The van der Waals surface area contributed by atoms with Gasteiger partial charge in [-0.3, -0.25) is 0 Å². The van der Waals surface area contributed by atoms with E-state index in [-0.39, 0.29) is 11.5 Å². The van der Waals surface area contributed by atoms with Gasteiger partial charge in [-0.2, -0.15) is 0 Å². The van der Waals surface area contributed by atoms with Gasteiger partial charge in [-0.25, -0.2) is 13.1 Å². The molecular formula is C15H25NO4S. The summed E-state index contributed by atoms with van der Waals surface area (Å²) in [5.41, 5.74) is 0.621. The van der Waals surface area contributed by atoms with Gasteiger partial charge < -0.3 is 9.84 Å². The third-order valence-electron chi connectivity index (χ3n) is 3.76. The molecule has 120 valence electrons. The summed E-state index contributed by atoms with van der Waals surface area (Å²) in [4.78, 5) is 0.279. The molecule has 1 unspecified atom stereocenters. The van der Waals surface area contributed by atoms with Crippen LogP contribution in [-0.4, -0.2) is 32.8 Å². The van der Waals surface area contributed by atoms with Crippen molar-refractivity contribution in [2.75, 3.05) is 13.7 Å². The van der Waals surface area contributed by atoms with E-state index in [9.17, 15) is 8.42 Å². The number of rotatable bonds is 7. The largest absolute Gasteiger partial charge is 0.497 e. The summed E-state index contributed by atoms with van der Waals surface area (Å²) >= 11 is 0. The van der Waals surface area contributed by atoms with Crippen molar-refractivity contribution < 1.29 is 18.3 Å². The van der Waals surface area contributed by atoms with E-state index >= 15 is 0 Å². The fourth-order valence-electron chi connectivity index (χ4n) is 2.37. The molecular weight excluding hydrogens is 290 g/mol. The first-order chi connectivity index (χ1) is 9.69. The summed E-state index contributed by atoms with van der Waals surface area (Å²) in [6, 6.07) is 3.41. The van der Waals surface area contributed by atoms with Gasteiger partial charge in [0.2, 0.25) is 10.0 Å². The molecule has 1 atom stereocenters. The molecule has 0 aliphatic heterocycles. The molecule has 21 heavy (non-hydrogen) atoms. The molecule has 0 radical (unpaired) electrons. The molecule has 6 heteroatoms. The van der Waals surface area contributed by atoms with Gasteiger partial charge in [0.05, 0.1) is 12.0 Å². The second kappa shape index (κ2) is 6.77. The SMILES string of the molecule is CCC(C)(CCO)NS(=O)(=O)c1c(C)cc(OC)cc1C. The highest BCUT2D eigenvalue weighted by Crippen LogP contribution is 2.27. The predicted molar refractivity (Wildman–Crippen MR) is 83.2 cm³/mol. The number of benzene rings is 1. The maximum absolute atomic E-state index is 12.7. The van der Waals surface area contributed by atoms with Crippen molar-refractivity contribution in [3.8, 4) is 5.75 Å². The maximum atomic E-state index is 12.7. The quantitative estimate of drug-likeness (QED) is 0.808. The smallest absolute Gasteiger partial charge is 0.241 e. The molecule has 0 saturated carbocycles. The monoisotopic (exact) mass is 315 g/mol. The molecule has 0 spiro atoms. The lowest BCUT2D eigenvalue weighted by molar-refractivity contribution is 0.233.